The highest BCUT2D eigenvalue weighted by molar-refractivity contribution is 5.92. The van der Waals surface area contributed by atoms with Crippen molar-refractivity contribution in [2.75, 3.05) is 26.7 Å². The van der Waals surface area contributed by atoms with Gasteiger partial charge in [0, 0.05) is 37.9 Å². The molecule has 3 unspecified atom stereocenters. The summed E-state index contributed by atoms with van der Waals surface area (Å²) >= 11 is 0. The first-order valence-electron chi connectivity index (χ1n) is 10.3. The molecular weight excluding hydrogens is 364 g/mol. The molecule has 1 saturated heterocycles. The summed E-state index contributed by atoms with van der Waals surface area (Å²) in [4.78, 5) is 15.0. The summed E-state index contributed by atoms with van der Waals surface area (Å²) in [7, 11) is 1.95. The molecule has 3 fully saturated rings. The van der Waals surface area contributed by atoms with Crippen LogP contribution < -0.4 is 5.32 Å². The van der Waals surface area contributed by atoms with Crippen LogP contribution in [0, 0.1) is 5.41 Å². The van der Waals surface area contributed by atoms with E-state index in [1.807, 2.05) is 28.9 Å². The molecular formula is C20H33ClN4O2. The molecule has 1 amide bonds. The summed E-state index contributed by atoms with van der Waals surface area (Å²) in [5, 5.41) is 8.03. The number of amides is 1. The van der Waals surface area contributed by atoms with E-state index in [9.17, 15) is 4.79 Å². The second-order valence-corrected chi connectivity index (χ2v) is 8.23. The van der Waals surface area contributed by atoms with Crippen molar-refractivity contribution in [2.24, 2.45) is 5.41 Å². The van der Waals surface area contributed by atoms with Crippen LogP contribution in [0.4, 0.5) is 0 Å². The molecule has 0 aromatic carbocycles. The molecule has 1 aromatic rings. The van der Waals surface area contributed by atoms with Gasteiger partial charge in [0.2, 0.25) is 0 Å². The Kier molecular flexibility index (Phi) is 6.49. The fraction of sp³-hybridized carbons (Fsp3) is 0.800. The smallest absolute Gasteiger partial charge is 0.274 e. The Hall–Kier alpha value is -1.11. The molecule has 3 aliphatic rings. The third-order valence-corrected chi connectivity index (χ3v) is 6.90. The Labute approximate surface area is 168 Å². The number of nitrogens with zero attached hydrogens (tertiary/aromatic N) is 3. The number of hydrogen-bond donors (Lipinski definition) is 1. The second-order valence-electron chi connectivity index (χ2n) is 8.23. The molecule has 4 rings (SSSR count). The number of aromatic nitrogens is 2. The molecule has 2 heterocycles. The Bertz CT molecular complexity index is 638. The average molecular weight is 397 g/mol. The largest absolute Gasteiger partial charge is 0.378 e. The molecule has 0 radical (unpaired) electrons. The van der Waals surface area contributed by atoms with Crippen molar-refractivity contribution in [1.82, 2.24) is 20.0 Å². The highest BCUT2D eigenvalue weighted by Gasteiger charge is 2.58. The molecule has 1 aromatic heterocycles. The summed E-state index contributed by atoms with van der Waals surface area (Å²) in [6, 6.07) is 2.53. The van der Waals surface area contributed by atoms with Crippen molar-refractivity contribution in [1.29, 1.82) is 0 Å². The van der Waals surface area contributed by atoms with Gasteiger partial charge in [-0.25, -0.2) is 0 Å². The molecule has 152 valence electrons. The van der Waals surface area contributed by atoms with Gasteiger partial charge in [-0.15, -0.1) is 12.4 Å². The number of carbonyl (C=O) groups excluding carboxylic acids is 1. The van der Waals surface area contributed by atoms with Crippen LogP contribution in [0.15, 0.2) is 12.3 Å². The van der Waals surface area contributed by atoms with Crippen LogP contribution in [-0.2, 0) is 4.74 Å². The Morgan fingerprint density at radius 3 is 2.85 bits per heavy atom. The minimum atomic E-state index is 0. The standard InChI is InChI=1S/C20H32N4O2.ClH/c1-3-26-18-13-17(20(18)9-4-5-10-20)23(2)19(25)16-8-12-24(22-16)15-7-6-11-21-14-15;/h8,12,15,17-18,21H,3-7,9-11,13-14H2,1-2H3;1H. The zero-order valence-electron chi connectivity index (χ0n) is 16.5. The first kappa shape index (κ1) is 20.6. The average Bonchev–Trinajstić information content (AvgIpc) is 3.35. The number of hydrogen-bond acceptors (Lipinski definition) is 4. The van der Waals surface area contributed by atoms with Crippen LogP contribution in [0.5, 0.6) is 0 Å². The fourth-order valence-electron chi connectivity index (χ4n) is 5.43. The number of nitrogens with one attached hydrogen (secondary N) is 1. The normalized spacial score (nSPS) is 29.2. The first-order chi connectivity index (χ1) is 12.7. The molecule has 3 atom stereocenters. The third-order valence-electron chi connectivity index (χ3n) is 6.90. The van der Waals surface area contributed by atoms with Crippen molar-refractivity contribution >= 4 is 18.3 Å². The van der Waals surface area contributed by atoms with E-state index in [1.165, 1.54) is 25.7 Å². The quantitative estimate of drug-likeness (QED) is 0.831. The Morgan fingerprint density at radius 2 is 2.19 bits per heavy atom. The van der Waals surface area contributed by atoms with Crippen LogP contribution >= 0.6 is 12.4 Å². The molecule has 27 heavy (non-hydrogen) atoms. The van der Waals surface area contributed by atoms with Crippen molar-refractivity contribution in [3.05, 3.63) is 18.0 Å². The Morgan fingerprint density at radius 1 is 1.41 bits per heavy atom. The predicted molar refractivity (Wildman–Crippen MR) is 107 cm³/mol. The van der Waals surface area contributed by atoms with Crippen LogP contribution in [0.1, 0.15) is 68.4 Å². The Balaban J connectivity index is 0.00000210. The summed E-state index contributed by atoms with van der Waals surface area (Å²) in [5.74, 6) is 0.0544. The van der Waals surface area contributed by atoms with E-state index in [4.69, 9.17) is 4.74 Å². The van der Waals surface area contributed by atoms with Gasteiger partial charge in [-0.3, -0.25) is 9.48 Å². The predicted octanol–water partition coefficient (Wildman–Crippen LogP) is 3.04. The van der Waals surface area contributed by atoms with E-state index in [1.54, 1.807) is 0 Å². The molecule has 7 heteroatoms. The van der Waals surface area contributed by atoms with Crippen molar-refractivity contribution in [2.45, 2.75) is 70.1 Å². The number of ether oxygens (including phenoxy) is 1. The molecule has 1 spiro atoms. The van der Waals surface area contributed by atoms with Gasteiger partial charge in [-0.2, -0.15) is 5.10 Å². The number of rotatable bonds is 5. The number of piperidine rings is 1. The third kappa shape index (κ3) is 3.64. The monoisotopic (exact) mass is 396 g/mol. The minimum Gasteiger partial charge on any atom is -0.378 e. The van der Waals surface area contributed by atoms with Gasteiger partial charge in [-0.05, 0) is 51.6 Å². The fourth-order valence-corrected chi connectivity index (χ4v) is 5.43. The molecule has 1 N–H and O–H groups in total. The lowest BCUT2D eigenvalue weighted by Crippen LogP contribution is -2.64. The minimum absolute atomic E-state index is 0. The van der Waals surface area contributed by atoms with Gasteiger partial charge in [0.15, 0.2) is 0 Å². The van der Waals surface area contributed by atoms with Gasteiger partial charge < -0.3 is 15.0 Å². The maximum Gasteiger partial charge on any atom is 0.274 e. The molecule has 6 nitrogen and oxygen atoms in total. The first-order valence-corrected chi connectivity index (χ1v) is 10.3. The zero-order chi connectivity index (χ0) is 18.1. The lowest BCUT2D eigenvalue weighted by atomic mass is 9.60. The molecule has 0 bridgehead atoms. The van der Waals surface area contributed by atoms with Gasteiger partial charge >= 0.3 is 0 Å². The van der Waals surface area contributed by atoms with Crippen molar-refractivity contribution in [3.8, 4) is 0 Å². The topological polar surface area (TPSA) is 59.4 Å². The van der Waals surface area contributed by atoms with Crippen LogP contribution in [0.25, 0.3) is 0 Å². The van der Waals surface area contributed by atoms with Crippen LogP contribution in [0.3, 0.4) is 0 Å². The molecule has 2 aliphatic carbocycles. The lowest BCUT2D eigenvalue weighted by Gasteiger charge is -2.56. The van der Waals surface area contributed by atoms with E-state index in [0.29, 0.717) is 17.8 Å². The highest BCUT2D eigenvalue weighted by Crippen LogP contribution is 2.56. The molecule has 2 saturated carbocycles. The summed E-state index contributed by atoms with van der Waals surface area (Å²) in [6.07, 6.45) is 10.4. The number of carbonyl (C=O) groups is 1. The summed E-state index contributed by atoms with van der Waals surface area (Å²) in [6.45, 7) is 4.85. The van der Waals surface area contributed by atoms with Crippen LogP contribution in [0.2, 0.25) is 0 Å². The number of halogens is 1. The lowest BCUT2D eigenvalue weighted by molar-refractivity contribution is -0.152. The van der Waals surface area contributed by atoms with Gasteiger partial charge in [-0.1, -0.05) is 12.8 Å². The van der Waals surface area contributed by atoms with Crippen molar-refractivity contribution in [3.63, 3.8) is 0 Å². The van der Waals surface area contributed by atoms with Crippen molar-refractivity contribution < 1.29 is 9.53 Å². The maximum absolute atomic E-state index is 13.1. The molecule has 1 aliphatic heterocycles. The van der Waals surface area contributed by atoms with E-state index >= 15 is 0 Å². The van der Waals surface area contributed by atoms with E-state index in [-0.39, 0.29) is 29.8 Å². The van der Waals surface area contributed by atoms with Crippen LogP contribution in [-0.4, -0.2) is 59.5 Å². The van der Waals surface area contributed by atoms with E-state index in [0.717, 1.165) is 39.0 Å². The summed E-state index contributed by atoms with van der Waals surface area (Å²) in [5.41, 5.74) is 0.752. The van der Waals surface area contributed by atoms with Gasteiger partial charge in [0.25, 0.3) is 5.91 Å². The van der Waals surface area contributed by atoms with Gasteiger partial charge in [0.05, 0.1) is 12.1 Å². The maximum atomic E-state index is 13.1. The second kappa shape index (κ2) is 8.50. The van der Waals surface area contributed by atoms with Gasteiger partial charge in [0.1, 0.15) is 5.69 Å². The van der Waals surface area contributed by atoms with E-state index in [2.05, 4.69) is 17.3 Å². The zero-order valence-corrected chi connectivity index (χ0v) is 17.3. The SMILES string of the molecule is CCOC1CC(N(C)C(=O)c2ccn(C3CCCNC3)n2)C12CCCC2.Cl. The summed E-state index contributed by atoms with van der Waals surface area (Å²) < 4.78 is 7.97. The van der Waals surface area contributed by atoms with E-state index < -0.39 is 0 Å². The highest BCUT2D eigenvalue weighted by atomic mass is 35.5.